The summed E-state index contributed by atoms with van der Waals surface area (Å²) in [4.78, 5) is 12.4. The molecule has 1 heterocycles. The number of aromatic nitrogens is 2. The molecular formula is C17H20N2O2. The minimum atomic E-state index is -0.231. The number of esters is 1. The fourth-order valence-corrected chi connectivity index (χ4v) is 3.12. The van der Waals surface area contributed by atoms with Gasteiger partial charge in [0.15, 0.2) is 0 Å². The van der Waals surface area contributed by atoms with Crippen molar-refractivity contribution in [2.45, 2.75) is 45.3 Å². The lowest BCUT2D eigenvalue weighted by atomic mass is 10.1. The predicted octanol–water partition coefficient (Wildman–Crippen LogP) is 3.45. The Kier molecular flexibility index (Phi) is 3.78. The molecule has 21 heavy (non-hydrogen) atoms. The number of aryl methyl sites for hydroxylation is 2. The van der Waals surface area contributed by atoms with Crippen molar-refractivity contribution in [2.24, 2.45) is 0 Å². The van der Waals surface area contributed by atoms with E-state index in [1.165, 1.54) is 0 Å². The van der Waals surface area contributed by atoms with E-state index in [0.29, 0.717) is 5.56 Å². The van der Waals surface area contributed by atoms with Crippen LogP contribution in [0.1, 0.15) is 46.8 Å². The van der Waals surface area contributed by atoms with E-state index in [2.05, 4.69) is 11.2 Å². The summed E-state index contributed by atoms with van der Waals surface area (Å²) in [6.07, 6.45) is 6.59. The van der Waals surface area contributed by atoms with Crippen molar-refractivity contribution in [3.05, 3.63) is 53.3 Å². The molecule has 2 aromatic rings. The van der Waals surface area contributed by atoms with Gasteiger partial charge in [0.25, 0.3) is 0 Å². The smallest absolute Gasteiger partial charge is 0.338 e. The van der Waals surface area contributed by atoms with Gasteiger partial charge in [0, 0.05) is 12.4 Å². The highest BCUT2D eigenvalue weighted by Gasteiger charge is 2.32. The third-order valence-electron chi connectivity index (χ3n) is 4.00. The summed E-state index contributed by atoms with van der Waals surface area (Å²) in [7, 11) is 0. The molecule has 0 N–H and O–H groups in total. The molecule has 0 bridgehead atoms. The molecule has 1 aliphatic rings. The van der Waals surface area contributed by atoms with Crippen LogP contribution in [0.15, 0.2) is 36.7 Å². The first-order valence-electron chi connectivity index (χ1n) is 7.42. The maximum absolute atomic E-state index is 12.4. The lowest BCUT2D eigenvalue weighted by Gasteiger charge is -2.20. The molecule has 2 atom stereocenters. The summed E-state index contributed by atoms with van der Waals surface area (Å²) in [5.74, 6) is -0.231. The zero-order valence-electron chi connectivity index (χ0n) is 12.5. The average molecular weight is 284 g/mol. The molecule has 1 saturated carbocycles. The molecule has 0 amide bonds. The Bertz CT molecular complexity index is 614. The molecule has 110 valence electrons. The summed E-state index contributed by atoms with van der Waals surface area (Å²) >= 11 is 0. The van der Waals surface area contributed by atoms with E-state index in [4.69, 9.17) is 4.74 Å². The normalized spacial score (nSPS) is 21.4. The van der Waals surface area contributed by atoms with E-state index in [-0.39, 0.29) is 18.1 Å². The van der Waals surface area contributed by atoms with Crippen molar-refractivity contribution in [1.29, 1.82) is 0 Å². The van der Waals surface area contributed by atoms with Crippen molar-refractivity contribution in [3.8, 4) is 0 Å². The third-order valence-corrected chi connectivity index (χ3v) is 4.00. The summed E-state index contributed by atoms with van der Waals surface area (Å²) in [5, 5.41) is 4.28. The van der Waals surface area contributed by atoms with Gasteiger partial charge in [-0.2, -0.15) is 5.10 Å². The van der Waals surface area contributed by atoms with E-state index in [9.17, 15) is 4.79 Å². The number of nitrogens with zero attached hydrogens (tertiary/aromatic N) is 2. The molecule has 3 rings (SSSR count). The van der Waals surface area contributed by atoms with Gasteiger partial charge in [-0.25, -0.2) is 4.79 Å². The maximum Gasteiger partial charge on any atom is 0.338 e. The van der Waals surface area contributed by atoms with Crippen LogP contribution < -0.4 is 0 Å². The molecule has 0 saturated heterocycles. The van der Waals surface area contributed by atoms with E-state index in [1.54, 1.807) is 6.20 Å². The highest BCUT2D eigenvalue weighted by molar-refractivity contribution is 5.90. The van der Waals surface area contributed by atoms with Gasteiger partial charge in [-0.05, 0) is 51.3 Å². The summed E-state index contributed by atoms with van der Waals surface area (Å²) < 4.78 is 7.65. The minimum Gasteiger partial charge on any atom is -0.457 e. The zero-order chi connectivity index (χ0) is 14.8. The first-order valence-corrected chi connectivity index (χ1v) is 7.42. The molecule has 1 aromatic carbocycles. The van der Waals surface area contributed by atoms with Crippen LogP contribution in [0.4, 0.5) is 0 Å². The highest BCUT2D eigenvalue weighted by Crippen LogP contribution is 2.32. The van der Waals surface area contributed by atoms with Crippen molar-refractivity contribution in [1.82, 2.24) is 9.78 Å². The van der Waals surface area contributed by atoms with E-state index >= 15 is 0 Å². The zero-order valence-corrected chi connectivity index (χ0v) is 12.5. The molecular weight excluding hydrogens is 264 g/mol. The van der Waals surface area contributed by atoms with Crippen LogP contribution in [-0.2, 0) is 4.74 Å². The third kappa shape index (κ3) is 2.99. The maximum atomic E-state index is 12.4. The Balaban J connectivity index is 1.74. The quantitative estimate of drug-likeness (QED) is 0.811. The summed E-state index contributed by atoms with van der Waals surface area (Å²) in [5.41, 5.74) is 2.80. The second-order valence-corrected chi connectivity index (χ2v) is 5.80. The Labute approximate surface area is 124 Å². The van der Waals surface area contributed by atoms with Gasteiger partial charge in [-0.3, -0.25) is 4.68 Å². The van der Waals surface area contributed by atoms with Crippen LogP contribution in [-0.4, -0.2) is 21.9 Å². The number of carbonyl (C=O) groups excluding carboxylic acids is 1. The van der Waals surface area contributed by atoms with Crippen molar-refractivity contribution in [2.75, 3.05) is 0 Å². The monoisotopic (exact) mass is 284 g/mol. The van der Waals surface area contributed by atoms with Crippen molar-refractivity contribution >= 4 is 5.97 Å². The van der Waals surface area contributed by atoms with Crippen molar-refractivity contribution < 1.29 is 9.53 Å². The average Bonchev–Trinajstić information content (AvgIpc) is 3.07. The topological polar surface area (TPSA) is 44.1 Å². The Morgan fingerprint density at radius 1 is 1.24 bits per heavy atom. The molecule has 0 radical (unpaired) electrons. The second-order valence-electron chi connectivity index (χ2n) is 5.80. The molecule has 1 aliphatic carbocycles. The van der Waals surface area contributed by atoms with Gasteiger partial charge in [0.1, 0.15) is 6.10 Å². The predicted molar refractivity (Wildman–Crippen MR) is 80.2 cm³/mol. The molecule has 4 heteroatoms. The Hall–Kier alpha value is -2.10. The first-order chi connectivity index (χ1) is 10.1. The van der Waals surface area contributed by atoms with Crippen LogP contribution in [0.25, 0.3) is 0 Å². The van der Waals surface area contributed by atoms with Crippen LogP contribution in [0.3, 0.4) is 0 Å². The largest absolute Gasteiger partial charge is 0.457 e. The summed E-state index contributed by atoms with van der Waals surface area (Å²) in [6, 6.07) is 7.88. The van der Waals surface area contributed by atoms with Gasteiger partial charge in [-0.15, -0.1) is 0 Å². The standard InChI is InChI=1S/C17H20N2O2/c1-12-9-13(2)11-14(10-12)17(20)21-16-6-3-5-15(16)19-8-4-7-18-19/h4,7-11,15-16H,3,5-6H2,1-2H3/t15-,16-/m1/s1. The fraction of sp³-hybridized carbons (Fsp3) is 0.412. The van der Waals surface area contributed by atoms with E-state index < -0.39 is 0 Å². The lowest BCUT2D eigenvalue weighted by molar-refractivity contribution is 0.0209. The molecule has 0 spiro atoms. The molecule has 1 fully saturated rings. The van der Waals surface area contributed by atoms with Gasteiger partial charge >= 0.3 is 5.97 Å². The molecule has 0 unspecified atom stereocenters. The molecule has 0 aliphatic heterocycles. The molecule has 1 aromatic heterocycles. The van der Waals surface area contributed by atoms with Crippen LogP contribution in [0, 0.1) is 13.8 Å². The van der Waals surface area contributed by atoms with Gasteiger partial charge in [0.05, 0.1) is 11.6 Å². The highest BCUT2D eigenvalue weighted by atomic mass is 16.5. The van der Waals surface area contributed by atoms with E-state index in [1.807, 2.05) is 42.9 Å². The fourth-order valence-electron chi connectivity index (χ4n) is 3.12. The minimum absolute atomic E-state index is 0.0850. The van der Waals surface area contributed by atoms with Gasteiger partial charge in [-0.1, -0.05) is 17.2 Å². The SMILES string of the molecule is Cc1cc(C)cc(C(=O)O[C@@H]2CCC[C@H]2n2cccn2)c1. The number of carbonyl (C=O) groups is 1. The van der Waals surface area contributed by atoms with Crippen molar-refractivity contribution in [3.63, 3.8) is 0 Å². The van der Waals surface area contributed by atoms with Crippen LogP contribution in [0.5, 0.6) is 0 Å². The molecule has 4 nitrogen and oxygen atoms in total. The number of benzene rings is 1. The van der Waals surface area contributed by atoms with Crippen LogP contribution >= 0.6 is 0 Å². The number of hydrogen-bond acceptors (Lipinski definition) is 3. The lowest BCUT2D eigenvalue weighted by Crippen LogP contribution is -2.25. The number of rotatable bonds is 3. The summed E-state index contributed by atoms with van der Waals surface area (Å²) in [6.45, 7) is 3.98. The van der Waals surface area contributed by atoms with Gasteiger partial charge in [0.2, 0.25) is 0 Å². The Morgan fingerprint density at radius 3 is 2.67 bits per heavy atom. The van der Waals surface area contributed by atoms with Gasteiger partial charge < -0.3 is 4.74 Å². The van der Waals surface area contributed by atoms with E-state index in [0.717, 1.165) is 30.4 Å². The number of hydrogen-bond donors (Lipinski definition) is 0. The second kappa shape index (κ2) is 5.72. The Morgan fingerprint density at radius 2 is 2.00 bits per heavy atom. The number of ether oxygens (including phenoxy) is 1. The van der Waals surface area contributed by atoms with Crippen LogP contribution in [0.2, 0.25) is 0 Å². The first kappa shape index (κ1) is 13.9.